The maximum absolute atomic E-state index is 13.7. The van der Waals surface area contributed by atoms with Crippen molar-refractivity contribution in [1.29, 1.82) is 0 Å². The number of hydrogen-bond donors (Lipinski definition) is 2. The molecular formula is C27H29F3N4O4. The summed E-state index contributed by atoms with van der Waals surface area (Å²) < 4.78 is 45.0. The van der Waals surface area contributed by atoms with E-state index in [-0.39, 0.29) is 19.6 Å². The van der Waals surface area contributed by atoms with Crippen LogP contribution in [0.5, 0.6) is 5.75 Å². The molecule has 2 aliphatic heterocycles. The molecule has 3 amide bonds. The molecule has 202 valence electrons. The largest absolute Gasteiger partial charge is 0.490 e. The second-order valence-corrected chi connectivity index (χ2v) is 9.30. The molecule has 2 aliphatic rings. The highest BCUT2D eigenvalue weighted by Crippen LogP contribution is 2.39. The van der Waals surface area contributed by atoms with Gasteiger partial charge in [-0.3, -0.25) is 14.4 Å². The van der Waals surface area contributed by atoms with Crippen molar-refractivity contribution in [2.45, 2.75) is 44.9 Å². The fourth-order valence-corrected chi connectivity index (χ4v) is 4.94. The number of anilines is 1. The predicted octanol–water partition coefficient (Wildman–Crippen LogP) is 3.57. The van der Waals surface area contributed by atoms with E-state index in [2.05, 4.69) is 10.3 Å². The number of benzene rings is 2. The van der Waals surface area contributed by atoms with Crippen molar-refractivity contribution in [3.63, 3.8) is 0 Å². The van der Waals surface area contributed by atoms with Gasteiger partial charge in [0.15, 0.2) is 0 Å². The Labute approximate surface area is 218 Å². The zero-order valence-electron chi connectivity index (χ0n) is 20.8. The SMILES string of the molecule is CCCC(C(N)=O)C(CCC(F)(F)F)C(=O)N[C@H]1N=C(c2ccccc2)c2cccc3c2N(CCO3)C1=O. The normalized spacial score (nSPS) is 18.4. The number of nitrogens with two attached hydrogens (primary N) is 1. The van der Waals surface area contributed by atoms with Gasteiger partial charge in [-0.2, -0.15) is 13.2 Å². The van der Waals surface area contributed by atoms with Crippen LogP contribution in [0.2, 0.25) is 0 Å². The maximum Gasteiger partial charge on any atom is 0.389 e. The number of primary amides is 1. The lowest BCUT2D eigenvalue weighted by molar-refractivity contribution is -0.146. The molecular weight excluding hydrogens is 501 g/mol. The summed E-state index contributed by atoms with van der Waals surface area (Å²) in [5.41, 5.74) is 7.72. The van der Waals surface area contributed by atoms with Crippen molar-refractivity contribution in [3.05, 3.63) is 59.7 Å². The Morgan fingerprint density at radius 3 is 2.53 bits per heavy atom. The second-order valence-electron chi connectivity index (χ2n) is 9.30. The van der Waals surface area contributed by atoms with Crippen LogP contribution in [0.25, 0.3) is 0 Å². The smallest absolute Gasteiger partial charge is 0.389 e. The van der Waals surface area contributed by atoms with E-state index < -0.39 is 54.7 Å². The van der Waals surface area contributed by atoms with Crippen LogP contribution in [0.15, 0.2) is 53.5 Å². The predicted molar refractivity (Wildman–Crippen MR) is 135 cm³/mol. The van der Waals surface area contributed by atoms with Gasteiger partial charge in [0.05, 0.1) is 17.9 Å². The molecule has 3 atom stereocenters. The van der Waals surface area contributed by atoms with Crippen LogP contribution in [0, 0.1) is 11.8 Å². The molecule has 2 unspecified atom stereocenters. The van der Waals surface area contributed by atoms with Crippen LogP contribution >= 0.6 is 0 Å². The van der Waals surface area contributed by atoms with E-state index in [1.54, 1.807) is 49.4 Å². The van der Waals surface area contributed by atoms with Gasteiger partial charge in [-0.1, -0.05) is 55.8 Å². The summed E-state index contributed by atoms with van der Waals surface area (Å²) in [6, 6.07) is 14.3. The molecule has 2 heterocycles. The molecule has 0 radical (unpaired) electrons. The van der Waals surface area contributed by atoms with Gasteiger partial charge >= 0.3 is 6.18 Å². The Morgan fingerprint density at radius 2 is 1.87 bits per heavy atom. The van der Waals surface area contributed by atoms with Crippen LogP contribution in [0.1, 0.15) is 43.7 Å². The highest BCUT2D eigenvalue weighted by Gasteiger charge is 2.40. The van der Waals surface area contributed by atoms with Gasteiger partial charge in [0.25, 0.3) is 5.91 Å². The fraction of sp³-hybridized carbons (Fsp3) is 0.407. The average molecular weight is 531 g/mol. The molecule has 11 heteroatoms. The Hall–Kier alpha value is -3.89. The minimum atomic E-state index is -4.53. The number of amides is 3. The first-order valence-corrected chi connectivity index (χ1v) is 12.5. The lowest BCUT2D eigenvalue weighted by atomic mass is 9.83. The van der Waals surface area contributed by atoms with Crippen molar-refractivity contribution in [1.82, 2.24) is 5.32 Å². The van der Waals surface area contributed by atoms with Crippen molar-refractivity contribution < 1.29 is 32.3 Å². The molecule has 0 saturated carbocycles. The monoisotopic (exact) mass is 530 g/mol. The second kappa shape index (κ2) is 11.2. The molecule has 3 N–H and O–H groups in total. The molecule has 8 nitrogen and oxygen atoms in total. The number of rotatable bonds is 9. The topological polar surface area (TPSA) is 114 Å². The summed E-state index contributed by atoms with van der Waals surface area (Å²) in [7, 11) is 0. The number of hydrogen-bond acceptors (Lipinski definition) is 5. The summed E-state index contributed by atoms with van der Waals surface area (Å²) >= 11 is 0. The Balaban J connectivity index is 1.74. The van der Waals surface area contributed by atoms with Gasteiger partial charge in [-0.25, -0.2) is 4.99 Å². The van der Waals surface area contributed by atoms with Crippen LogP contribution in [-0.4, -0.2) is 48.9 Å². The molecule has 0 saturated heterocycles. The number of ether oxygens (including phenoxy) is 1. The van der Waals surface area contributed by atoms with Crippen LogP contribution < -0.4 is 20.7 Å². The van der Waals surface area contributed by atoms with E-state index in [0.717, 1.165) is 0 Å². The molecule has 4 rings (SSSR count). The van der Waals surface area contributed by atoms with Crippen LogP contribution in [0.3, 0.4) is 0 Å². The number of carbonyl (C=O) groups is 3. The van der Waals surface area contributed by atoms with Gasteiger partial charge in [0.1, 0.15) is 12.4 Å². The third-order valence-electron chi connectivity index (χ3n) is 6.71. The van der Waals surface area contributed by atoms with Gasteiger partial charge in [0, 0.05) is 29.4 Å². The van der Waals surface area contributed by atoms with E-state index in [1.165, 1.54) is 4.90 Å². The van der Waals surface area contributed by atoms with E-state index in [9.17, 15) is 27.6 Å². The van der Waals surface area contributed by atoms with Gasteiger partial charge in [0.2, 0.25) is 18.0 Å². The molecule has 0 spiro atoms. The number of alkyl halides is 3. The number of halogens is 3. The van der Waals surface area contributed by atoms with Gasteiger partial charge in [-0.05, 0) is 18.9 Å². The van der Waals surface area contributed by atoms with Gasteiger partial charge < -0.3 is 20.7 Å². The molecule has 2 aromatic rings. The summed E-state index contributed by atoms with van der Waals surface area (Å²) in [5, 5.41) is 2.55. The third-order valence-corrected chi connectivity index (χ3v) is 6.71. The standard InChI is InChI=1S/C27H29F3N4O4/c1-2-7-17(23(31)35)18(12-13-27(28,29)30)25(36)33-24-26(37)34-14-15-38-20-11-6-10-19(22(20)34)21(32-24)16-8-4-3-5-9-16/h3-6,8-11,17-18,24H,2,7,12-15H2,1H3,(H2,31,35)(H,33,36)/t17?,18?,24-/m1/s1. The van der Waals surface area contributed by atoms with Crippen LogP contribution in [-0.2, 0) is 14.4 Å². The zero-order chi connectivity index (χ0) is 27.4. The number of nitrogens with zero attached hydrogens (tertiary/aromatic N) is 2. The highest BCUT2D eigenvalue weighted by atomic mass is 19.4. The molecule has 38 heavy (non-hydrogen) atoms. The lowest BCUT2D eigenvalue weighted by Gasteiger charge is -2.31. The van der Waals surface area contributed by atoms with Crippen molar-refractivity contribution in [3.8, 4) is 5.75 Å². The van der Waals surface area contributed by atoms with E-state index >= 15 is 0 Å². The van der Waals surface area contributed by atoms with E-state index in [1.807, 2.05) is 6.07 Å². The van der Waals surface area contributed by atoms with Crippen molar-refractivity contribution >= 4 is 29.1 Å². The summed E-state index contributed by atoms with van der Waals surface area (Å²) in [6.45, 7) is 2.16. The third kappa shape index (κ3) is 5.81. The zero-order valence-corrected chi connectivity index (χ0v) is 20.8. The first-order chi connectivity index (χ1) is 18.1. The first-order valence-electron chi connectivity index (χ1n) is 12.5. The summed E-state index contributed by atoms with van der Waals surface area (Å²) in [6.07, 6.45) is -7.29. The lowest BCUT2D eigenvalue weighted by Crippen LogP contribution is -2.52. The Kier molecular flexibility index (Phi) is 8.03. The average Bonchev–Trinajstić information content (AvgIpc) is 3.00. The molecule has 0 fully saturated rings. The molecule has 0 aliphatic carbocycles. The Bertz CT molecular complexity index is 1230. The molecule has 2 aromatic carbocycles. The van der Waals surface area contributed by atoms with Crippen molar-refractivity contribution in [2.75, 3.05) is 18.1 Å². The van der Waals surface area contributed by atoms with Gasteiger partial charge in [-0.15, -0.1) is 0 Å². The summed E-state index contributed by atoms with van der Waals surface area (Å²) in [4.78, 5) is 45.4. The fourth-order valence-electron chi connectivity index (χ4n) is 4.94. The minimum Gasteiger partial charge on any atom is -0.490 e. The number of carbonyl (C=O) groups excluding carboxylic acids is 3. The molecule has 0 bridgehead atoms. The van der Waals surface area contributed by atoms with E-state index in [0.29, 0.717) is 34.7 Å². The first kappa shape index (κ1) is 27.2. The minimum absolute atomic E-state index is 0.140. The maximum atomic E-state index is 13.7. The Morgan fingerprint density at radius 1 is 1.13 bits per heavy atom. The molecule has 0 aromatic heterocycles. The summed E-state index contributed by atoms with van der Waals surface area (Å²) in [5.74, 6) is -4.30. The van der Waals surface area contributed by atoms with Crippen LogP contribution in [0.4, 0.5) is 18.9 Å². The number of aliphatic imine (C=N–C) groups is 1. The number of nitrogens with one attached hydrogen (secondary N) is 1. The highest BCUT2D eigenvalue weighted by molar-refractivity contribution is 6.21. The number of para-hydroxylation sites is 1. The van der Waals surface area contributed by atoms with E-state index in [4.69, 9.17) is 10.5 Å². The van der Waals surface area contributed by atoms with Crippen molar-refractivity contribution in [2.24, 2.45) is 22.6 Å². The quantitative estimate of drug-likeness (QED) is 0.516.